The monoisotopic (exact) mass is 302 g/mol. The van der Waals surface area contributed by atoms with E-state index in [0.717, 1.165) is 16.8 Å². The molecule has 1 aliphatic heterocycles. The molecule has 1 amide bonds. The minimum absolute atomic E-state index is 0.137. The summed E-state index contributed by atoms with van der Waals surface area (Å²) in [6, 6.07) is 3.33. The molecule has 0 bridgehead atoms. The summed E-state index contributed by atoms with van der Waals surface area (Å²) in [7, 11) is 0. The highest BCUT2D eigenvalue weighted by Crippen LogP contribution is 2.31. The number of furan rings is 1. The third-order valence-corrected chi connectivity index (χ3v) is 3.35. The van der Waals surface area contributed by atoms with Gasteiger partial charge in [-0.05, 0) is 29.6 Å². The van der Waals surface area contributed by atoms with E-state index < -0.39 is 11.7 Å². The van der Waals surface area contributed by atoms with Crippen LogP contribution in [0.2, 0.25) is 0 Å². The Labute approximate surface area is 118 Å². The third-order valence-electron chi connectivity index (χ3n) is 2.13. The van der Waals surface area contributed by atoms with Crippen LogP contribution in [-0.2, 0) is 9.53 Å². The molecule has 102 valence electrons. The molecule has 0 saturated carbocycles. The average molecular weight is 302 g/mol. The van der Waals surface area contributed by atoms with Crippen molar-refractivity contribution in [3.05, 3.63) is 24.2 Å². The van der Waals surface area contributed by atoms with Crippen LogP contribution in [0.3, 0.4) is 0 Å². The zero-order valence-electron chi connectivity index (χ0n) is 9.55. The van der Waals surface area contributed by atoms with Gasteiger partial charge in [0.05, 0.1) is 6.26 Å². The van der Waals surface area contributed by atoms with Crippen molar-refractivity contribution in [3.8, 4) is 0 Å². The number of carbonyl (C=O) groups excluding carboxylic acids is 1. The first-order chi connectivity index (χ1) is 9.11. The van der Waals surface area contributed by atoms with E-state index in [0.29, 0.717) is 16.6 Å². The minimum Gasteiger partial charge on any atom is -0.462 e. The molecule has 1 aromatic heterocycles. The third kappa shape index (κ3) is 3.24. The highest BCUT2D eigenvalue weighted by molar-refractivity contribution is 8.15. The predicted octanol–water partition coefficient (Wildman–Crippen LogP) is 1.81. The second-order valence-electron chi connectivity index (χ2n) is 3.40. The summed E-state index contributed by atoms with van der Waals surface area (Å²) < 4.78 is 9.77. The zero-order chi connectivity index (χ0) is 13.8. The van der Waals surface area contributed by atoms with Gasteiger partial charge in [0.25, 0.3) is 5.56 Å². The summed E-state index contributed by atoms with van der Waals surface area (Å²) in [6.07, 6.45) is 0.124. The smallest absolute Gasteiger partial charge is 0.462 e. The number of hydrogen-bond acceptors (Lipinski definition) is 7. The number of thioether (sulfide) groups is 1. The van der Waals surface area contributed by atoms with Crippen LogP contribution in [0, 0.1) is 0 Å². The molecule has 1 aromatic rings. The van der Waals surface area contributed by atoms with Gasteiger partial charge in [-0.15, -0.1) is 0 Å². The van der Waals surface area contributed by atoms with Crippen molar-refractivity contribution in [3.63, 3.8) is 0 Å². The molecule has 0 fully saturated rings. The maximum atomic E-state index is 11.8. The topological polar surface area (TPSA) is 92.3 Å². The van der Waals surface area contributed by atoms with Gasteiger partial charge in [0, 0.05) is 6.42 Å². The van der Waals surface area contributed by atoms with Crippen molar-refractivity contribution < 1.29 is 23.8 Å². The van der Waals surface area contributed by atoms with Crippen molar-refractivity contribution in [2.75, 3.05) is 5.75 Å². The van der Waals surface area contributed by atoms with E-state index in [-0.39, 0.29) is 12.3 Å². The largest absolute Gasteiger partial charge is 0.508 e. The molecule has 1 unspecified atom stereocenters. The Balaban J connectivity index is 2.18. The van der Waals surface area contributed by atoms with Gasteiger partial charge in [0.2, 0.25) is 5.91 Å². The van der Waals surface area contributed by atoms with Crippen LogP contribution in [-0.4, -0.2) is 38.5 Å². The van der Waals surface area contributed by atoms with Crippen LogP contribution < -0.4 is 0 Å². The van der Waals surface area contributed by atoms with Crippen molar-refractivity contribution in [2.45, 2.75) is 12.0 Å². The summed E-state index contributed by atoms with van der Waals surface area (Å²) in [5.74, 6) is 0.422. The van der Waals surface area contributed by atoms with Crippen LogP contribution in [0.5, 0.6) is 0 Å². The molecule has 9 heteroatoms. The number of amides is 1. The number of hydrogen-bond donors (Lipinski definition) is 2. The molecule has 0 spiro atoms. The van der Waals surface area contributed by atoms with Crippen LogP contribution in [0.15, 0.2) is 27.9 Å². The molecule has 1 aliphatic rings. The number of carbonyl (C=O) groups is 2. The SMILES string of the molecule is O=C(O)OC1SC(c2ccco2)=NN1C(=O)CCS. The van der Waals surface area contributed by atoms with E-state index >= 15 is 0 Å². The number of hydrazone groups is 1. The molecule has 0 aromatic carbocycles. The molecule has 1 atom stereocenters. The van der Waals surface area contributed by atoms with Crippen molar-refractivity contribution >= 4 is 41.5 Å². The zero-order valence-corrected chi connectivity index (χ0v) is 11.3. The van der Waals surface area contributed by atoms with Crippen LogP contribution in [0.4, 0.5) is 4.79 Å². The van der Waals surface area contributed by atoms with Gasteiger partial charge in [0.1, 0.15) is 0 Å². The molecule has 0 radical (unpaired) electrons. The first-order valence-corrected chi connectivity index (χ1v) is 6.74. The molecule has 7 nitrogen and oxygen atoms in total. The van der Waals surface area contributed by atoms with Crippen LogP contribution in [0.1, 0.15) is 12.2 Å². The Morgan fingerprint density at radius 3 is 3.00 bits per heavy atom. The number of nitrogens with zero attached hydrogens (tertiary/aromatic N) is 2. The maximum Gasteiger partial charge on any atom is 0.508 e. The lowest BCUT2D eigenvalue weighted by molar-refractivity contribution is -0.136. The summed E-state index contributed by atoms with van der Waals surface area (Å²) in [5, 5.41) is 14.1. The Morgan fingerprint density at radius 1 is 1.63 bits per heavy atom. The van der Waals surface area contributed by atoms with Gasteiger partial charge in [0.15, 0.2) is 10.8 Å². The fourth-order valence-electron chi connectivity index (χ4n) is 1.37. The normalized spacial score (nSPS) is 18.3. The van der Waals surface area contributed by atoms with E-state index in [9.17, 15) is 9.59 Å². The van der Waals surface area contributed by atoms with Gasteiger partial charge < -0.3 is 14.3 Å². The quantitative estimate of drug-likeness (QED) is 0.651. The maximum absolute atomic E-state index is 11.8. The van der Waals surface area contributed by atoms with Crippen LogP contribution >= 0.6 is 24.4 Å². The van der Waals surface area contributed by atoms with Crippen molar-refractivity contribution in [1.82, 2.24) is 5.01 Å². The molecule has 1 N–H and O–H groups in total. The number of rotatable bonds is 4. The first kappa shape index (κ1) is 13.8. The van der Waals surface area contributed by atoms with Gasteiger partial charge in [-0.1, -0.05) is 0 Å². The highest BCUT2D eigenvalue weighted by Gasteiger charge is 2.36. The minimum atomic E-state index is -1.47. The Morgan fingerprint density at radius 2 is 2.42 bits per heavy atom. The Kier molecular flexibility index (Phi) is 4.38. The summed E-state index contributed by atoms with van der Waals surface area (Å²) in [4.78, 5) is 22.4. The molecule has 2 rings (SSSR count). The Hall–Kier alpha value is -1.61. The Bertz CT molecular complexity index is 502. The molecule has 0 aliphatic carbocycles. The second kappa shape index (κ2) is 6.02. The summed E-state index contributed by atoms with van der Waals surface area (Å²) in [6.45, 7) is 0. The van der Waals surface area contributed by atoms with Crippen LogP contribution in [0.25, 0.3) is 0 Å². The van der Waals surface area contributed by atoms with Crippen molar-refractivity contribution in [1.29, 1.82) is 0 Å². The molecule has 19 heavy (non-hydrogen) atoms. The number of ether oxygens (including phenoxy) is 1. The molecular formula is C10H10N2O5S2. The van der Waals surface area contributed by atoms with Gasteiger partial charge >= 0.3 is 6.16 Å². The molecule has 2 heterocycles. The standard InChI is InChI=1S/C10H10N2O5S2/c13-7(3-5-18)12-9(17-10(14)15)19-8(11-12)6-2-1-4-16-6/h1-2,4,9,18H,3,5H2,(H,14,15). The lowest BCUT2D eigenvalue weighted by Gasteiger charge is -2.18. The lowest BCUT2D eigenvalue weighted by atomic mass is 10.4. The lowest BCUT2D eigenvalue weighted by Crippen LogP contribution is -2.34. The summed E-state index contributed by atoms with van der Waals surface area (Å²) in [5.41, 5.74) is -1.04. The average Bonchev–Trinajstić information content (AvgIpc) is 2.96. The number of thiol groups is 1. The van der Waals surface area contributed by atoms with Gasteiger partial charge in [-0.3, -0.25) is 4.79 Å². The summed E-state index contributed by atoms with van der Waals surface area (Å²) >= 11 is 4.95. The fourth-order valence-corrected chi connectivity index (χ4v) is 2.51. The van der Waals surface area contributed by atoms with Gasteiger partial charge in [-0.25, -0.2) is 4.79 Å². The van der Waals surface area contributed by atoms with Crippen molar-refractivity contribution in [2.24, 2.45) is 5.10 Å². The fraction of sp³-hybridized carbons (Fsp3) is 0.300. The molecule has 0 saturated heterocycles. The number of carboxylic acid groups (broad SMARTS) is 1. The highest BCUT2D eigenvalue weighted by atomic mass is 32.2. The second-order valence-corrected chi connectivity index (χ2v) is 4.88. The van der Waals surface area contributed by atoms with E-state index in [1.807, 2.05) is 0 Å². The van der Waals surface area contributed by atoms with E-state index in [1.54, 1.807) is 12.1 Å². The van der Waals surface area contributed by atoms with E-state index in [1.165, 1.54) is 6.26 Å². The van der Waals surface area contributed by atoms with E-state index in [4.69, 9.17) is 9.52 Å². The van der Waals surface area contributed by atoms with Gasteiger partial charge in [-0.2, -0.15) is 22.7 Å². The first-order valence-electron chi connectivity index (χ1n) is 5.23. The molecular weight excluding hydrogens is 292 g/mol. The predicted molar refractivity (Wildman–Crippen MR) is 71.0 cm³/mol. The van der Waals surface area contributed by atoms with E-state index in [2.05, 4.69) is 22.5 Å².